The lowest BCUT2D eigenvalue weighted by Gasteiger charge is -2.49. The summed E-state index contributed by atoms with van der Waals surface area (Å²) < 4.78 is 12.5. The molecule has 1 spiro atoms. The summed E-state index contributed by atoms with van der Waals surface area (Å²) in [5.41, 5.74) is 0.114. The molecule has 0 radical (unpaired) electrons. The molecule has 22 heavy (non-hydrogen) atoms. The van der Waals surface area contributed by atoms with Crippen LogP contribution in [0.1, 0.15) is 38.5 Å². The van der Waals surface area contributed by atoms with Crippen LogP contribution in [-0.4, -0.2) is 79.1 Å². The van der Waals surface area contributed by atoms with E-state index in [1.807, 2.05) is 0 Å². The van der Waals surface area contributed by atoms with Gasteiger partial charge in [-0.1, -0.05) is 0 Å². The largest absolute Gasteiger partial charge is 0.342 e. The zero-order chi connectivity index (χ0) is 15.6. The third-order valence-electron chi connectivity index (χ3n) is 5.87. The lowest BCUT2D eigenvalue weighted by Crippen LogP contribution is -2.61. The number of rotatable bonds is 5. The minimum Gasteiger partial charge on any atom is -0.342 e. The van der Waals surface area contributed by atoms with Crippen molar-refractivity contribution in [3.8, 4) is 0 Å². The Hall–Kier alpha value is -0.680. The number of likely N-dealkylation sites (tertiary alicyclic amines) is 1. The van der Waals surface area contributed by atoms with Gasteiger partial charge in [0.05, 0.1) is 6.67 Å². The number of alkyl halides is 1. The summed E-state index contributed by atoms with van der Waals surface area (Å²) in [7, 11) is 2.20. The molecule has 2 aliphatic heterocycles. The van der Waals surface area contributed by atoms with Crippen LogP contribution >= 0.6 is 0 Å². The van der Waals surface area contributed by atoms with Gasteiger partial charge in [0.15, 0.2) is 0 Å². The summed E-state index contributed by atoms with van der Waals surface area (Å²) >= 11 is 0. The molecule has 1 aliphatic carbocycles. The van der Waals surface area contributed by atoms with Crippen molar-refractivity contribution >= 4 is 5.91 Å². The number of piperazine rings is 1. The highest BCUT2D eigenvalue weighted by atomic mass is 19.1. The third kappa shape index (κ3) is 3.62. The summed E-state index contributed by atoms with van der Waals surface area (Å²) in [4.78, 5) is 19.4. The van der Waals surface area contributed by atoms with Gasteiger partial charge in [0.25, 0.3) is 0 Å². The van der Waals surface area contributed by atoms with Crippen LogP contribution in [0.5, 0.6) is 0 Å². The number of halogens is 1. The van der Waals surface area contributed by atoms with E-state index in [-0.39, 0.29) is 12.2 Å². The monoisotopic (exact) mass is 311 g/mol. The lowest BCUT2D eigenvalue weighted by atomic mass is 9.86. The minimum absolute atomic E-state index is 0.114. The fourth-order valence-corrected chi connectivity index (χ4v) is 4.05. The van der Waals surface area contributed by atoms with Gasteiger partial charge in [-0.15, -0.1) is 0 Å². The normalized spacial score (nSPS) is 31.7. The average Bonchev–Trinajstić information content (AvgIpc) is 3.34. The SMILES string of the molecule is CN1CCN(CCCF)C[C@]12CCC(=O)N(CC1CC1)CC2. The van der Waals surface area contributed by atoms with Crippen LogP contribution in [-0.2, 0) is 4.79 Å². The van der Waals surface area contributed by atoms with Gasteiger partial charge < -0.3 is 9.80 Å². The molecule has 1 amide bonds. The summed E-state index contributed by atoms with van der Waals surface area (Å²) in [6.45, 7) is 5.55. The maximum Gasteiger partial charge on any atom is 0.222 e. The quantitative estimate of drug-likeness (QED) is 0.774. The lowest BCUT2D eigenvalue weighted by molar-refractivity contribution is -0.131. The Labute approximate surface area is 133 Å². The zero-order valence-corrected chi connectivity index (χ0v) is 13.9. The Kier molecular flexibility index (Phi) is 5.03. The molecular weight excluding hydrogens is 281 g/mol. The molecule has 0 unspecified atom stereocenters. The second kappa shape index (κ2) is 6.83. The summed E-state index contributed by atoms with van der Waals surface area (Å²) in [5.74, 6) is 1.11. The molecule has 2 saturated heterocycles. The van der Waals surface area contributed by atoms with E-state index in [0.29, 0.717) is 18.7 Å². The average molecular weight is 311 g/mol. The molecule has 0 aromatic heterocycles. The Morgan fingerprint density at radius 3 is 2.77 bits per heavy atom. The minimum atomic E-state index is -0.229. The molecule has 3 aliphatic rings. The van der Waals surface area contributed by atoms with Crippen molar-refractivity contribution < 1.29 is 9.18 Å². The highest BCUT2D eigenvalue weighted by molar-refractivity contribution is 5.76. The molecule has 1 saturated carbocycles. The Bertz CT molecular complexity index is 399. The standard InChI is InChI=1S/C17H30FN3O/c1-19-11-12-20(9-2-8-18)14-17(19)6-5-16(22)21(10-7-17)13-15-3-4-15/h15H,2-14H2,1H3/t17-/m1/s1. The van der Waals surface area contributed by atoms with Gasteiger partial charge in [-0.25, -0.2) is 0 Å². The maximum absolute atomic E-state index is 12.5. The van der Waals surface area contributed by atoms with E-state index in [4.69, 9.17) is 0 Å². The van der Waals surface area contributed by atoms with Gasteiger partial charge in [0, 0.05) is 51.2 Å². The predicted molar refractivity (Wildman–Crippen MR) is 85.5 cm³/mol. The van der Waals surface area contributed by atoms with Gasteiger partial charge in [-0.3, -0.25) is 14.1 Å². The summed E-state index contributed by atoms with van der Waals surface area (Å²) in [6, 6.07) is 0. The number of amides is 1. The fourth-order valence-electron chi connectivity index (χ4n) is 4.05. The van der Waals surface area contributed by atoms with Crippen molar-refractivity contribution in [2.75, 3.05) is 53.0 Å². The maximum atomic E-state index is 12.5. The number of nitrogens with zero attached hydrogens (tertiary/aromatic N) is 3. The van der Waals surface area contributed by atoms with E-state index in [0.717, 1.165) is 58.0 Å². The number of carbonyl (C=O) groups is 1. The number of likely N-dealkylation sites (N-methyl/N-ethyl adjacent to an activating group) is 1. The zero-order valence-electron chi connectivity index (χ0n) is 13.9. The van der Waals surface area contributed by atoms with Crippen LogP contribution in [0.15, 0.2) is 0 Å². The van der Waals surface area contributed by atoms with E-state index in [9.17, 15) is 9.18 Å². The van der Waals surface area contributed by atoms with Gasteiger partial charge in [-0.2, -0.15) is 0 Å². The van der Waals surface area contributed by atoms with E-state index in [1.54, 1.807) is 0 Å². The first kappa shape index (κ1) is 16.2. The third-order valence-corrected chi connectivity index (χ3v) is 5.87. The van der Waals surface area contributed by atoms with Crippen LogP contribution in [0.25, 0.3) is 0 Å². The van der Waals surface area contributed by atoms with Gasteiger partial charge >= 0.3 is 0 Å². The Morgan fingerprint density at radius 2 is 2.05 bits per heavy atom. The molecule has 4 nitrogen and oxygen atoms in total. The highest BCUT2D eigenvalue weighted by Crippen LogP contribution is 2.35. The highest BCUT2D eigenvalue weighted by Gasteiger charge is 2.42. The molecule has 126 valence electrons. The van der Waals surface area contributed by atoms with Crippen LogP contribution in [0, 0.1) is 5.92 Å². The first-order valence-corrected chi connectivity index (χ1v) is 8.90. The van der Waals surface area contributed by atoms with E-state index >= 15 is 0 Å². The number of hydrogen-bond acceptors (Lipinski definition) is 3. The molecule has 2 heterocycles. The van der Waals surface area contributed by atoms with Crippen LogP contribution < -0.4 is 0 Å². The predicted octanol–water partition coefficient (Wildman–Crippen LogP) is 1.75. The first-order valence-electron chi connectivity index (χ1n) is 8.90. The summed E-state index contributed by atoms with van der Waals surface area (Å²) in [5, 5.41) is 0. The van der Waals surface area contributed by atoms with Gasteiger partial charge in [0.2, 0.25) is 5.91 Å². The van der Waals surface area contributed by atoms with Crippen LogP contribution in [0.4, 0.5) is 4.39 Å². The molecule has 0 bridgehead atoms. The van der Waals surface area contributed by atoms with Crippen molar-refractivity contribution in [2.45, 2.75) is 44.1 Å². The topological polar surface area (TPSA) is 26.8 Å². The summed E-state index contributed by atoms with van der Waals surface area (Å²) in [6.07, 6.45) is 5.92. The van der Waals surface area contributed by atoms with E-state index < -0.39 is 0 Å². The molecule has 0 N–H and O–H groups in total. The van der Waals surface area contributed by atoms with Crippen molar-refractivity contribution in [3.63, 3.8) is 0 Å². The van der Waals surface area contributed by atoms with Crippen molar-refractivity contribution in [3.05, 3.63) is 0 Å². The molecule has 0 aromatic rings. The van der Waals surface area contributed by atoms with Crippen molar-refractivity contribution in [2.24, 2.45) is 5.92 Å². The van der Waals surface area contributed by atoms with Gasteiger partial charge in [-0.05, 0) is 45.1 Å². The molecule has 0 aromatic carbocycles. The molecule has 1 atom stereocenters. The fraction of sp³-hybridized carbons (Fsp3) is 0.941. The second-order valence-corrected chi connectivity index (χ2v) is 7.50. The van der Waals surface area contributed by atoms with E-state index in [2.05, 4.69) is 21.7 Å². The second-order valence-electron chi connectivity index (χ2n) is 7.50. The Balaban J connectivity index is 1.63. The van der Waals surface area contributed by atoms with Crippen molar-refractivity contribution in [1.29, 1.82) is 0 Å². The molecule has 5 heteroatoms. The number of carbonyl (C=O) groups excluding carboxylic acids is 1. The van der Waals surface area contributed by atoms with Crippen LogP contribution in [0.2, 0.25) is 0 Å². The molecule has 3 fully saturated rings. The smallest absolute Gasteiger partial charge is 0.222 e. The molecule has 3 rings (SSSR count). The van der Waals surface area contributed by atoms with Gasteiger partial charge in [0.1, 0.15) is 0 Å². The van der Waals surface area contributed by atoms with E-state index in [1.165, 1.54) is 12.8 Å². The molecular formula is C17H30FN3O. The van der Waals surface area contributed by atoms with Crippen molar-refractivity contribution in [1.82, 2.24) is 14.7 Å². The number of hydrogen-bond donors (Lipinski definition) is 0. The van der Waals surface area contributed by atoms with Crippen LogP contribution in [0.3, 0.4) is 0 Å². The Morgan fingerprint density at radius 1 is 1.23 bits per heavy atom. The first-order chi connectivity index (χ1) is 10.6.